The van der Waals surface area contributed by atoms with Gasteiger partial charge in [0.05, 0.1) is 5.02 Å². The van der Waals surface area contributed by atoms with Crippen molar-refractivity contribution in [2.75, 3.05) is 19.6 Å². The molecule has 6 heteroatoms. The van der Waals surface area contributed by atoms with Gasteiger partial charge in [-0.15, -0.1) is 0 Å². The molecule has 0 aliphatic carbocycles. The maximum atomic E-state index is 12.0. The number of benzene rings is 1. The summed E-state index contributed by atoms with van der Waals surface area (Å²) in [4.78, 5) is 25.3. The second-order valence-corrected chi connectivity index (χ2v) is 5.73. The molecular weight excluding hydrogens is 304 g/mol. The molecule has 0 saturated carbocycles. The molecule has 1 aliphatic heterocycles. The standard InChI is InChI=1S/C16H21ClN2O3/c1-12(22-14-7-3-2-6-13(14)17)16(21)18-9-5-11-19-10-4-8-15(19)20/h2-3,6-7,12H,4-5,8-11H2,1H3,(H,18,21). The van der Waals surface area contributed by atoms with E-state index in [9.17, 15) is 9.59 Å². The van der Waals surface area contributed by atoms with E-state index >= 15 is 0 Å². The molecule has 1 aromatic carbocycles. The van der Waals surface area contributed by atoms with Crippen molar-refractivity contribution >= 4 is 23.4 Å². The van der Waals surface area contributed by atoms with Gasteiger partial charge in [-0.1, -0.05) is 23.7 Å². The number of halogens is 1. The summed E-state index contributed by atoms with van der Waals surface area (Å²) in [5, 5.41) is 3.30. The molecule has 1 fully saturated rings. The Morgan fingerprint density at radius 3 is 2.91 bits per heavy atom. The lowest BCUT2D eigenvalue weighted by Gasteiger charge is -2.17. The van der Waals surface area contributed by atoms with Crippen molar-refractivity contribution in [2.24, 2.45) is 0 Å². The number of para-hydroxylation sites is 1. The monoisotopic (exact) mass is 324 g/mol. The number of likely N-dealkylation sites (tertiary alicyclic amines) is 1. The van der Waals surface area contributed by atoms with Crippen LogP contribution in [-0.2, 0) is 9.59 Å². The lowest BCUT2D eigenvalue weighted by atomic mass is 10.3. The molecule has 1 aromatic rings. The molecule has 1 aliphatic rings. The number of carbonyl (C=O) groups excluding carboxylic acids is 2. The second-order valence-electron chi connectivity index (χ2n) is 5.32. The first-order valence-electron chi connectivity index (χ1n) is 7.54. The molecule has 1 heterocycles. The molecule has 1 saturated heterocycles. The molecule has 0 radical (unpaired) electrons. The molecule has 1 N–H and O–H groups in total. The van der Waals surface area contributed by atoms with Gasteiger partial charge in [0.15, 0.2) is 6.10 Å². The van der Waals surface area contributed by atoms with Crippen LogP contribution in [0.15, 0.2) is 24.3 Å². The first-order valence-corrected chi connectivity index (χ1v) is 7.92. The largest absolute Gasteiger partial charge is 0.479 e. The zero-order chi connectivity index (χ0) is 15.9. The Kier molecular flexibility index (Phi) is 6.07. The van der Waals surface area contributed by atoms with Gasteiger partial charge >= 0.3 is 0 Å². The molecule has 0 spiro atoms. The van der Waals surface area contributed by atoms with Gasteiger partial charge in [0.2, 0.25) is 5.91 Å². The van der Waals surface area contributed by atoms with Crippen LogP contribution in [0.1, 0.15) is 26.2 Å². The molecule has 120 valence electrons. The first kappa shape index (κ1) is 16.6. The fourth-order valence-electron chi connectivity index (χ4n) is 2.35. The van der Waals surface area contributed by atoms with E-state index in [1.165, 1.54) is 0 Å². The first-order chi connectivity index (χ1) is 10.6. The van der Waals surface area contributed by atoms with Gasteiger partial charge in [-0.2, -0.15) is 0 Å². The Balaban J connectivity index is 1.68. The number of hydrogen-bond donors (Lipinski definition) is 1. The molecule has 5 nitrogen and oxygen atoms in total. The third-order valence-electron chi connectivity index (χ3n) is 3.59. The summed E-state index contributed by atoms with van der Waals surface area (Å²) < 4.78 is 5.55. The van der Waals surface area contributed by atoms with Crippen LogP contribution in [0, 0.1) is 0 Å². The van der Waals surface area contributed by atoms with Gasteiger partial charge in [-0.3, -0.25) is 9.59 Å². The summed E-state index contributed by atoms with van der Waals surface area (Å²) in [5.74, 6) is 0.517. The molecule has 1 atom stereocenters. The van der Waals surface area contributed by atoms with Crippen molar-refractivity contribution < 1.29 is 14.3 Å². The number of ether oxygens (including phenoxy) is 1. The molecular formula is C16H21ClN2O3. The zero-order valence-electron chi connectivity index (χ0n) is 12.7. The van der Waals surface area contributed by atoms with Crippen molar-refractivity contribution in [3.05, 3.63) is 29.3 Å². The summed E-state index contributed by atoms with van der Waals surface area (Å²) in [6, 6.07) is 7.05. The van der Waals surface area contributed by atoms with Crippen LogP contribution < -0.4 is 10.1 Å². The molecule has 2 amide bonds. The predicted octanol–water partition coefficient (Wildman–Crippen LogP) is 2.24. The van der Waals surface area contributed by atoms with Crippen LogP contribution in [0.25, 0.3) is 0 Å². The van der Waals surface area contributed by atoms with Crippen LogP contribution >= 0.6 is 11.6 Å². The van der Waals surface area contributed by atoms with Gasteiger partial charge in [-0.25, -0.2) is 0 Å². The highest BCUT2D eigenvalue weighted by Gasteiger charge is 2.19. The summed E-state index contributed by atoms with van der Waals surface area (Å²) in [6.07, 6.45) is 1.72. The van der Waals surface area contributed by atoms with E-state index in [1.54, 1.807) is 31.2 Å². The topological polar surface area (TPSA) is 58.6 Å². The van der Waals surface area contributed by atoms with Crippen molar-refractivity contribution in [3.8, 4) is 5.75 Å². The minimum absolute atomic E-state index is 0.187. The minimum atomic E-state index is -0.617. The Morgan fingerprint density at radius 2 is 2.23 bits per heavy atom. The van der Waals surface area contributed by atoms with Crippen molar-refractivity contribution in [3.63, 3.8) is 0 Å². The third-order valence-corrected chi connectivity index (χ3v) is 3.90. The maximum absolute atomic E-state index is 12.0. The summed E-state index contributed by atoms with van der Waals surface area (Å²) in [5.41, 5.74) is 0. The molecule has 1 unspecified atom stereocenters. The normalized spacial score (nSPS) is 15.7. The number of rotatable bonds is 7. The Morgan fingerprint density at radius 1 is 1.45 bits per heavy atom. The summed E-state index contributed by atoms with van der Waals surface area (Å²) in [7, 11) is 0. The van der Waals surface area contributed by atoms with Gasteiger partial charge < -0.3 is 15.0 Å². The van der Waals surface area contributed by atoms with E-state index in [0.717, 1.165) is 19.4 Å². The zero-order valence-corrected chi connectivity index (χ0v) is 13.4. The van der Waals surface area contributed by atoms with Crippen LogP contribution in [0.2, 0.25) is 5.02 Å². The van der Waals surface area contributed by atoms with Crippen LogP contribution in [0.3, 0.4) is 0 Å². The Labute approximate surface area is 135 Å². The fraction of sp³-hybridized carbons (Fsp3) is 0.500. The van der Waals surface area contributed by atoms with Gasteiger partial charge in [0, 0.05) is 26.1 Å². The number of amides is 2. The smallest absolute Gasteiger partial charge is 0.260 e. The van der Waals surface area contributed by atoms with E-state index in [2.05, 4.69) is 5.32 Å². The Bertz CT molecular complexity index is 536. The number of hydrogen-bond acceptors (Lipinski definition) is 3. The Hall–Kier alpha value is -1.75. The fourth-order valence-corrected chi connectivity index (χ4v) is 2.53. The summed E-state index contributed by atoms with van der Waals surface area (Å²) >= 11 is 5.99. The number of carbonyl (C=O) groups is 2. The summed E-state index contributed by atoms with van der Waals surface area (Å²) in [6.45, 7) is 3.74. The average Bonchev–Trinajstić information content (AvgIpc) is 2.91. The van der Waals surface area contributed by atoms with E-state index < -0.39 is 6.10 Å². The second kappa shape index (κ2) is 8.03. The highest BCUT2D eigenvalue weighted by molar-refractivity contribution is 6.32. The maximum Gasteiger partial charge on any atom is 0.260 e. The van der Waals surface area contributed by atoms with Gasteiger partial charge in [-0.05, 0) is 31.9 Å². The van der Waals surface area contributed by atoms with Crippen molar-refractivity contribution in [1.29, 1.82) is 0 Å². The lowest BCUT2D eigenvalue weighted by molar-refractivity contribution is -0.127. The minimum Gasteiger partial charge on any atom is -0.479 e. The third kappa shape index (κ3) is 4.63. The van der Waals surface area contributed by atoms with Gasteiger partial charge in [0.25, 0.3) is 5.91 Å². The quantitative estimate of drug-likeness (QED) is 0.782. The lowest BCUT2D eigenvalue weighted by Crippen LogP contribution is -2.38. The van der Waals surface area contributed by atoms with E-state index in [0.29, 0.717) is 30.3 Å². The predicted molar refractivity (Wildman–Crippen MR) is 85.0 cm³/mol. The van der Waals surface area contributed by atoms with E-state index in [1.807, 2.05) is 4.90 Å². The SMILES string of the molecule is CC(Oc1ccccc1Cl)C(=O)NCCCN1CCCC1=O. The average molecular weight is 325 g/mol. The molecule has 22 heavy (non-hydrogen) atoms. The van der Waals surface area contributed by atoms with E-state index in [4.69, 9.17) is 16.3 Å². The van der Waals surface area contributed by atoms with Crippen LogP contribution in [0.5, 0.6) is 5.75 Å². The molecule has 2 rings (SSSR count). The van der Waals surface area contributed by atoms with Crippen LogP contribution in [-0.4, -0.2) is 42.5 Å². The highest BCUT2D eigenvalue weighted by atomic mass is 35.5. The van der Waals surface area contributed by atoms with E-state index in [-0.39, 0.29) is 11.8 Å². The van der Waals surface area contributed by atoms with Crippen molar-refractivity contribution in [2.45, 2.75) is 32.3 Å². The molecule has 0 aromatic heterocycles. The molecule has 0 bridgehead atoms. The number of nitrogens with one attached hydrogen (secondary N) is 1. The van der Waals surface area contributed by atoms with Crippen molar-refractivity contribution in [1.82, 2.24) is 10.2 Å². The van der Waals surface area contributed by atoms with Crippen LogP contribution in [0.4, 0.5) is 0 Å². The highest BCUT2D eigenvalue weighted by Crippen LogP contribution is 2.24. The number of nitrogens with zero attached hydrogens (tertiary/aromatic N) is 1. The van der Waals surface area contributed by atoms with Gasteiger partial charge in [0.1, 0.15) is 5.75 Å².